The van der Waals surface area contributed by atoms with E-state index in [4.69, 9.17) is 22.6 Å². The molecule has 18 heteroatoms. The van der Waals surface area contributed by atoms with E-state index >= 15 is 0 Å². The Hall–Kier alpha value is -3.10. The van der Waals surface area contributed by atoms with Gasteiger partial charge in [0.25, 0.3) is 31.6 Å². The number of ether oxygens (including phenoxy) is 3. The fourth-order valence-corrected chi connectivity index (χ4v) is 9.64. The average molecular weight is 1000 g/mol. The summed E-state index contributed by atoms with van der Waals surface area (Å²) in [6.07, 6.45) is 31.6. The lowest BCUT2D eigenvalue weighted by Gasteiger charge is -2.18. The minimum atomic E-state index is -4.25. The highest BCUT2D eigenvalue weighted by Gasteiger charge is 2.23. The van der Waals surface area contributed by atoms with Crippen LogP contribution in [0, 0.1) is 20.2 Å². The Balaban J connectivity index is 1.48. The number of rotatable bonds is 47. The van der Waals surface area contributed by atoms with Gasteiger partial charge in [-0.05, 0) is 31.4 Å². The van der Waals surface area contributed by atoms with Gasteiger partial charge in [0.2, 0.25) is 0 Å². The van der Waals surface area contributed by atoms with Gasteiger partial charge in [0.1, 0.15) is 22.0 Å². The first-order valence-electron chi connectivity index (χ1n) is 25.6. The fourth-order valence-electron chi connectivity index (χ4n) is 7.68. The fraction of sp³-hybridized carbons (Fsp3) is 0.760. The SMILES string of the molecule is CCCCCCCCCCCCCCCCO[C@H](COCCCCCCCCCCCCCCCCOC[C@@H](O)COS(=O)(=O)c1cccc([N+](=O)[O-])c1)COS(=O)(=O)c1cccc([N+](=O)[O-])c1. The molecule has 0 aliphatic rings. The molecule has 390 valence electrons. The molecule has 2 atom stereocenters. The first-order valence-corrected chi connectivity index (χ1v) is 28.4. The molecular weight excluding hydrogens is 917 g/mol. The third-order valence-electron chi connectivity index (χ3n) is 11.8. The van der Waals surface area contributed by atoms with Crippen molar-refractivity contribution in [1.29, 1.82) is 0 Å². The molecule has 0 saturated carbocycles. The summed E-state index contributed by atoms with van der Waals surface area (Å²) in [6.45, 7) is 3.12. The van der Waals surface area contributed by atoms with Gasteiger partial charge >= 0.3 is 0 Å². The molecule has 0 bridgehead atoms. The molecule has 1 N–H and O–H groups in total. The molecule has 0 saturated heterocycles. The van der Waals surface area contributed by atoms with Crippen LogP contribution >= 0.6 is 0 Å². The summed E-state index contributed by atoms with van der Waals surface area (Å²) < 4.78 is 78.0. The maximum atomic E-state index is 12.9. The highest BCUT2D eigenvalue weighted by molar-refractivity contribution is 7.87. The molecule has 2 aromatic rings. The minimum Gasteiger partial charge on any atom is -0.388 e. The third kappa shape index (κ3) is 30.5. The Morgan fingerprint density at radius 3 is 1.19 bits per heavy atom. The zero-order chi connectivity index (χ0) is 49.6. The van der Waals surface area contributed by atoms with Crippen molar-refractivity contribution >= 4 is 31.6 Å². The molecule has 2 rings (SSSR count). The van der Waals surface area contributed by atoms with Crippen molar-refractivity contribution in [3.63, 3.8) is 0 Å². The number of hydrogen-bond donors (Lipinski definition) is 1. The largest absolute Gasteiger partial charge is 0.388 e. The quantitative estimate of drug-likeness (QED) is 0.0282. The van der Waals surface area contributed by atoms with Gasteiger partial charge in [-0.2, -0.15) is 16.8 Å². The topological polar surface area (TPSA) is 221 Å². The first-order chi connectivity index (χ1) is 32.9. The van der Waals surface area contributed by atoms with Crippen LogP contribution < -0.4 is 0 Å². The van der Waals surface area contributed by atoms with Crippen molar-refractivity contribution in [2.24, 2.45) is 0 Å². The van der Waals surface area contributed by atoms with Crippen molar-refractivity contribution in [2.45, 2.75) is 209 Å². The monoisotopic (exact) mass is 1000 g/mol. The number of aliphatic hydroxyl groups excluding tert-OH is 1. The van der Waals surface area contributed by atoms with E-state index in [9.17, 15) is 42.2 Å². The van der Waals surface area contributed by atoms with E-state index in [1.54, 1.807) is 0 Å². The van der Waals surface area contributed by atoms with Gasteiger partial charge in [0.15, 0.2) is 0 Å². The van der Waals surface area contributed by atoms with Gasteiger partial charge < -0.3 is 19.3 Å². The number of nitro groups is 2. The van der Waals surface area contributed by atoms with Gasteiger partial charge in [-0.1, -0.05) is 180 Å². The summed E-state index contributed by atoms with van der Waals surface area (Å²) >= 11 is 0. The van der Waals surface area contributed by atoms with Crippen LogP contribution in [0.4, 0.5) is 11.4 Å². The summed E-state index contributed by atoms with van der Waals surface area (Å²) in [5.74, 6) is 0. The van der Waals surface area contributed by atoms with Gasteiger partial charge in [-0.25, -0.2) is 0 Å². The van der Waals surface area contributed by atoms with Gasteiger partial charge in [0.05, 0.1) is 36.3 Å². The number of benzene rings is 2. The van der Waals surface area contributed by atoms with E-state index in [-0.39, 0.29) is 41.0 Å². The van der Waals surface area contributed by atoms with Crippen LogP contribution in [0.1, 0.15) is 187 Å². The molecule has 0 unspecified atom stereocenters. The molecule has 0 aliphatic heterocycles. The van der Waals surface area contributed by atoms with Crippen LogP contribution in [0.5, 0.6) is 0 Å². The molecule has 16 nitrogen and oxygen atoms in total. The van der Waals surface area contributed by atoms with Gasteiger partial charge in [-0.3, -0.25) is 28.6 Å². The molecule has 2 aromatic carbocycles. The number of nitrogens with zero attached hydrogens (tertiary/aromatic N) is 2. The summed E-state index contributed by atoms with van der Waals surface area (Å²) in [6, 6.07) is 9.38. The average Bonchev–Trinajstić information content (AvgIpc) is 3.32. The first kappa shape index (κ1) is 61.0. The zero-order valence-corrected chi connectivity index (χ0v) is 42.6. The Kier molecular flexibility index (Phi) is 34.7. The smallest absolute Gasteiger partial charge is 0.297 e. The summed E-state index contributed by atoms with van der Waals surface area (Å²) in [5.41, 5.74) is -0.691. The van der Waals surface area contributed by atoms with Crippen LogP contribution in [0.3, 0.4) is 0 Å². The summed E-state index contributed by atoms with van der Waals surface area (Å²) in [4.78, 5) is 20.2. The summed E-state index contributed by atoms with van der Waals surface area (Å²) in [5, 5.41) is 32.1. The third-order valence-corrected chi connectivity index (χ3v) is 14.3. The maximum absolute atomic E-state index is 12.9. The molecule has 0 radical (unpaired) electrons. The number of non-ortho nitro benzene ring substituents is 2. The molecular formula is C50H84N2O14S2. The Bertz CT molecular complexity index is 1830. The van der Waals surface area contributed by atoms with Gasteiger partial charge in [0, 0.05) is 44.1 Å². The van der Waals surface area contributed by atoms with Crippen LogP contribution in [-0.2, 0) is 42.8 Å². The number of unbranched alkanes of at least 4 members (excludes halogenated alkanes) is 26. The lowest BCUT2D eigenvalue weighted by atomic mass is 10.0. The van der Waals surface area contributed by atoms with Crippen LogP contribution in [-0.4, -0.2) is 90.2 Å². The van der Waals surface area contributed by atoms with Crippen molar-refractivity contribution in [3.8, 4) is 0 Å². The molecule has 0 spiro atoms. The lowest BCUT2D eigenvalue weighted by Crippen LogP contribution is -2.28. The van der Waals surface area contributed by atoms with E-state index < -0.39 is 48.9 Å². The Morgan fingerprint density at radius 1 is 0.471 bits per heavy atom. The van der Waals surface area contributed by atoms with E-state index in [2.05, 4.69) is 6.92 Å². The van der Waals surface area contributed by atoms with Crippen molar-refractivity contribution in [3.05, 3.63) is 68.8 Å². The molecule has 0 aliphatic carbocycles. The van der Waals surface area contributed by atoms with E-state index in [1.807, 2.05) is 0 Å². The standard InChI is InChI=1S/C50H84N2O14S2/c1-2-3-4-5-6-7-8-9-14-17-20-23-26-29-38-64-48(44-66-68(60,61)50-35-31-33-46(40-50)52(56)57)43-63-37-28-25-22-19-16-13-11-10-12-15-18-21-24-27-36-62-41-47(53)42-65-67(58,59)49-34-30-32-45(39-49)51(54)55/h30-35,39-40,47-48,53H,2-29,36-38,41-44H2,1H3/t47-,48-/m1/s1. The minimum absolute atomic E-state index is 0.0704. The highest BCUT2D eigenvalue weighted by atomic mass is 32.2. The van der Waals surface area contributed by atoms with E-state index in [1.165, 1.54) is 152 Å². The number of aliphatic hydroxyl groups is 1. The molecule has 68 heavy (non-hydrogen) atoms. The predicted molar refractivity (Wildman–Crippen MR) is 265 cm³/mol. The predicted octanol–water partition coefficient (Wildman–Crippen LogP) is 12.3. The van der Waals surface area contributed by atoms with Crippen LogP contribution in [0.25, 0.3) is 0 Å². The summed E-state index contributed by atoms with van der Waals surface area (Å²) in [7, 11) is -8.47. The zero-order valence-electron chi connectivity index (χ0n) is 41.0. The Labute approximate surface area is 408 Å². The van der Waals surface area contributed by atoms with Crippen LogP contribution in [0.2, 0.25) is 0 Å². The van der Waals surface area contributed by atoms with Crippen molar-refractivity contribution in [1.82, 2.24) is 0 Å². The van der Waals surface area contributed by atoms with Crippen molar-refractivity contribution in [2.75, 3.05) is 46.2 Å². The van der Waals surface area contributed by atoms with Crippen molar-refractivity contribution < 1.29 is 54.4 Å². The lowest BCUT2D eigenvalue weighted by molar-refractivity contribution is -0.385. The molecule has 0 heterocycles. The molecule has 0 aromatic heterocycles. The second-order valence-corrected chi connectivity index (χ2v) is 21.1. The number of hydrogen-bond acceptors (Lipinski definition) is 14. The second-order valence-electron chi connectivity index (χ2n) is 17.8. The van der Waals surface area contributed by atoms with Crippen LogP contribution in [0.15, 0.2) is 58.3 Å². The van der Waals surface area contributed by atoms with Gasteiger partial charge in [-0.15, -0.1) is 0 Å². The van der Waals surface area contributed by atoms with E-state index in [0.29, 0.717) is 19.8 Å². The molecule has 0 fully saturated rings. The normalized spacial score (nSPS) is 12.9. The molecule has 0 amide bonds. The maximum Gasteiger partial charge on any atom is 0.297 e. The highest BCUT2D eigenvalue weighted by Crippen LogP contribution is 2.22. The number of nitro benzene ring substituents is 2. The van der Waals surface area contributed by atoms with E-state index in [0.717, 1.165) is 76.3 Å². The Morgan fingerprint density at radius 2 is 0.809 bits per heavy atom. The second kappa shape index (κ2) is 38.6.